The van der Waals surface area contributed by atoms with Crippen molar-refractivity contribution in [3.8, 4) is 0 Å². The summed E-state index contributed by atoms with van der Waals surface area (Å²) < 4.78 is 26.3. The van der Waals surface area contributed by atoms with Gasteiger partial charge in [0.25, 0.3) is 0 Å². The minimum absolute atomic E-state index is 0.165. The Morgan fingerprint density at radius 3 is 2.48 bits per heavy atom. The molecule has 21 heavy (non-hydrogen) atoms. The molecule has 112 valence electrons. The largest absolute Gasteiger partial charge is 0.399 e. The quantitative estimate of drug-likeness (QED) is 0.711. The number of nitrogens with two attached hydrogens (primary N) is 1. The number of hydrogen-bond acceptors (Lipinski definition) is 4. The van der Waals surface area contributed by atoms with Crippen LogP contribution < -0.4 is 15.8 Å². The highest BCUT2D eigenvalue weighted by Gasteiger charge is 2.16. The minimum atomic E-state index is -3.54. The second kappa shape index (κ2) is 6.60. The van der Waals surface area contributed by atoms with E-state index in [2.05, 4.69) is 10.0 Å². The molecule has 2 aromatic carbocycles. The first-order valence-corrected chi connectivity index (χ1v) is 8.12. The predicted octanol–water partition coefficient (Wildman–Crippen LogP) is 1.83. The third-order valence-electron chi connectivity index (χ3n) is 3.14. The summed E-state index contributed by atoms with van der Waals surface area (Å²) in [6.45, 7) is 0.639. The second-order valence-electron chi connectivity index (χ2n) is 4.63. The smallest absolute Gasteiger partial charge is 0.242 e. The lowest BCUT2D eigenvalue weighted by Gasteiger charge is -2.13. The lowest BCUT2D eigenvalue weighted by Crippen LogP contribution is -2.21. The molecule has 0 aliphatic heterocycles. The number of anilines is 2. The average molecular weight is 305 g/mol. The Morgan fingerprint density at radius 2 is 1.81 bits per heavy atom. The Balaban J connectivity index is 2.13. The van der Waals surface area contributed by atoms with Crippen LogP contribution in [0.15, 0.2) is 53.4 Å². The molecular formula is C15H19N3O2S. The zero-order chi connectivity index (χ0) is 15.3. The van der Waals surface area contributed by atoms with Crippen LogP contribution in [-0.2, 0) is 16.4 Å². The Labute approximate surface area is 125 Å². The minimum Gasteiger partial charge on any atom is -0.399 e. The van der Waals surface area contributed by atoms with Gasteiger partial charge in [-0.15, -0.1) is 0 Å². The van der Waals surface area contributed by atoms with Crippen molar-refractivity contribution in [1.82, 2.24) is 4.72 Å². The zero-order valence-electron chi connectivity index (χ0n) is 11.8. The molecule has 4 N–H and O–H groups in total. The highest BCUT2D eigenvalue weighted by atomic mass is 32.2. The zero-order valence-corrected chi connectivity index (χ0v) is 12.7. The van der Waals surface area contributed by atoms with Gasteiger partial charge in [-0.3, -0.25) is 0 Å². The summed E-state index contributed by atoms with van der Waals surface area (Å²) in [5, 5.41) is 3.15. The van der Waals surface area contributed by atoms with Crippen LogP contribution in [-0.4, -0.2) is 22.0 Å². The van der Waals surface area contributed by atoms with E-state index < -0.39 is 10.0 Å². The molecule has 2 rings (SSSR count). The molecule has 0 aliphatic carbocycles. The molecule has 5 nitrogen and oxygen atoms in total. The predicted molar refractivity (Wildman–Crippen MR) is 85.7 cm³/mol. The summed E-state index contributed by atoms with van der Waals surface area (Å²) in [6.07, 6.45) is 0.810. The van der Waals surface area contributed by atoms with Gasteiger partial charge < -0.3 is 11.1 Å². The van der Waals surface area contributed by atoms with Crippen LogP contribution in [0.5, 0.6) is 0 Å². The van der Waals surface area contributed by atoms with E-state index in [1.54, 1.807) is 12.1 Å². The summed E-state index contributed by atoms with van der Waals surface area (Å²) in [5.41, 5.74) is 7.84. The van der Waals surface area contributed by atoms with Gasteiger partial charge in [0, 0.05) is 12.2 Å². The average Bonchev–Trinajstić information content (AvgIpc) is 2.49. The van der Waals surface area contributed by atoms with Gasteiger partial charge in [-0.2, -0.15) is 0 Å². The van der Waals surface area contributed by atoms with Gasteiger partial charge in [-0.05, 0) is 37.2 Å². The monoisotopic (exact) mass is 305 g/mol. The van der Waals surface area contributed by atoms with Crippen LogP contribution in [0.3, 0.4) is 0 Å². The summed E-state index contributed by atoms with van der Waals surface area (Å²) >= 11 is 0. The lowest BCUT2D eigenvalue weighted by molar-refractivity contribution is 0.588. The van der Waals surface area contributed by atoms with Crippen molar-refractivity contribution in [3.05, 3.63) is 54.1 Å². The van der Waals surface area contributed by atoms with Gasteiger partial charge in [0.1, 0.15) is 4.90 Å². The van der Waals surface area contributed by atoms with Crippen LogP contribution in [0.4, 0.5) is 11.4 Å². The van der Waals surface area contributed by atoms with E-state index in [0.29, 0.717) is 17.9 Å². The van der Waals surface area contributed by atoms with Crippen molar-refractivity contribution >= 4 is 21.4 Å². The second-order valence-corrected chi connectivity index (χ2v) is 6.48. The van der Waals surface area contributed by atoms with Gasteiger partial charge in [0.2, 0.25) is 10.0 Å². The lowest BCUT2D eigenvalue weighted by atomic mass is 10.1. The van der Waals surface area contributed by atoms with Gasteiger partial charge in [-0.1, -0.05) is 30.3 Å². The van der Waals surface area contributed by atoms with Crippen molar-refractivity contribution in [1.29, 1.82) is 0 Å². The Morgan fingerprint density at radius 1 is 1.10 bits per heavy atom. The molecule has 0 heterocycles. The van der Waals surface area contributed by atoms with E-state index in [1.165, 1.54) is 18.7 Å². The van der Waals surface area contributed by atoms with Crippen LogP contribution in [0.1, 0.15) is 5.56 Å². The Hall–Kier alpha value is -2.05. The molecule has 0 radical (unpaired) electrons. The normalized spacial score (nSPS) is 11.3. The summed E-state index contributed by atoms with van der Waals surface area (Å²) in [7, 11) is -2.16. The molecule has 0 unspecified atom stereocenters. The maximum absolute atomic E-state index is 12.0. The standard InChI is InChI=1S/C15H19N3O2S/c1-17-21(19,20)15-11-13(16)7-8-14(15)18-10-9-12-5-3-2-4-6-12/h2-8,11,17-18H,9-10,16H2,1H3. The van der Waals surface area contributed by atoms with E-state index >= 15 is 0 Å². The molecule has 0 fully saturated rings. The summed E-state index contributed by atoms with van der Waals surface area (Å²) in [6, 6.07) is 14.8. The molecule has 0 aromatic heterocycles. The van der Waals surface area contributed by atoms with Crippen molar-refractivity contribution in [2.24, 2.45) is 0 Å². The molecule has 0 saturated carbocycles. The highest BCUT2D eigenvalue weighted by Crippen LogP contribution is 2.23. The van der Waals surface area contributed by atoms with Crippen molar-refractivity contribution in [2.75, 3.05) is 24.6 Å². The molecule has 0 spiro atoms. The molecule has 0 atom stereocenters. The number of nitrogen functional groups attached to an aromatic ring is 1. The third kappa shape index (κ3) is 3.96. The fourth-order valence-corrected chi connectivity index (χ4v) is 2.94. The van der Waals surface area contributed by atoms with Gasteiger partial charge in [0.05, 0.1) is 5.69 Å². The van der Waals surface area contributed by atoms with Crippen molar-refractivity contribution in [2.45, 2.75) is 11.3 Å². The fraction of sp³-hybridized carbons (Fsp3) is 0.200. The maximum Gasteiger partial charge on any atom is 0.242 e. The molecule has 0 bridgehead atoms. The summed E-state index contributed by atoms with van der Waals surface area (Å²) in [4.78, 5) is 0.165. The van der Waals surface area contributed by atoms with E-state index in [0.717, 1.165) is 6.42 Å². The maximum atomic E-state index is 12.0. The first-order chi connectivity index (χ1) is 10.0. The molecule has 0 amide bonds. The van der Waals surface area contributed by atoms with Gasteiger partial charge in [-0.25, -0.2) is 13.1 Å². The summed E-state index contributed by atoms with van der Waals surface area (Å²) in [5.74, 6) is 0. The third-order valence-corrected chi connectivity index (χ3v) is 4.59. The molecule has 6 heteroatoms. The van der Waals surface area contributed by atoms with E-state index in [9.17, 15) is 8.42 Å². The number of hydrogen-bond donors (Lipinski definition) is 3. The van der Waals surface area contributed by atoms with E-state index in [-0.39, 0.29) is 4.90 Å². The Bertz CT molecular complexity index is 700. The molecular weight excluding hydrogens is 286 g/mol. The molecule has 0 saturated heterocycles. The van der Waals surface area contributed by atoms with Crippen LogP contribution in [0.25, 0.3) is 0 Å². The topological polar surface area (TPSA) is 84.2 Å². The number of nitrogens with one attached hydrogen (secondary N) is 2. The number of benzene rings is 2. The van der Waals surface area contributed by atoms with Gasteiger partial charge >= 0.3 is 0 Å². The van der Waals surface area contributed by atoms with E-state index in [4.69, 9.17) is 5.73 Å². The fourth-order valence-electron chi connectivity index (χ4n) is 2.00. The highest BCUT2D eigenvalue weighted by molar-refractivity contribution is 7.89. The van der Waals surface area contributed by atoms with Gasteiger partial charge in [0.15, 0.2) is 0 Å². The van der Waals surface area contributed by atoms with Crippen molar-refractivity contribution in [3.63, 3.8) is 0 Å². The van der Waals surface area contributed by atoms with E-state index in [1.807, 2.05) is 30.3 Å². The number of rotatable bonds is 6. The first-order valence-electron chi connectivity index (χ1n) is 6.64. The number of sulfonamides is 1. The SMILES string of the molecule is CNS(=O)(=O)c1cc(N)ccc1NCCc1ccccc1. The van der Waals surface area contributed by atoms with Crippen LogP contribution in [0.2, 0.25) is 0 Å². The van der Waals surface area contributed by atoms with Crippen molar-refractivity contribution < 1.29 is 8.42 Å². The Kier molecular flexibility index (Phi) is 4.82. The first kappa shape index (κ1) is 15.3. The molecule has 0 aliphatic rings. The van der Waals surface area contributed by atoms with Crippen LogP contribution >= 0.6 is 0 Å². The van der Waals surface area contributed by atoms with Crippen LogP contribution in [0, 0.1) is 0 Å². The molecule has 2 aromatic rings.